The van der Waals surface area contributed by atoms with Crippen LogP contribution in [0, 0.1) is 0 Å². The summed E-state index contributed by atoms with van der Waals surface area (Å²) in [4.78, 5) is 0. The Labute approximate surface area is 272 Å². The lowest BCUT2D eigenvalue weighted by molar-refractivity contribution is 0.669. The van der Waals surface area contributed by atoms with Gasteiger partial charge in [-0.15, -0.1) is 0 Å². The fourth-order valence-corrected chi connectivity index (χ4v) is 6.40. The lowest BCUT2D eigenvalue weighted by Crippen LogP contribution is -1.91. The lowest BCUT2D eigenvalue weighted by Gasteiger charge is -2.18. The molecule has 210 valence electrons. The number of rotatable bonds is 4. The third kappa shape index (κ3) is 4.24. The zero-order valence-electron chi connectivity index (χ0n) is 32.0. The average molecular weight is 581 g/mol. The van der Waals surface area contributed by atoms with Crippen LogP contribution in [0.3, 0.4) is 0 Å². The van der Waals surface area contributed by atoms with Crippen molar-refractivity contribution in [2.75, 3.05) is 0 Å². The summed E-state index contributed by atoms with van der Waals surface area (Å²) in [7, 11) is 0. The zero-order chi connectivity index (χ0) is 36.7. The van der Waals surface area contributed by atoms with Gasteiger partial charge in [0.05, 0.1) is 11.0 Å². The van der Waals surface area contributed by atoms with Crippen LogP contribution in [0.5, 0.6) is 0 Å². The molecule has 1 aromatic heterocycles. The molecule has 0 atom stereocenters. The van der Waals surface area contributed by atoms with E-state index in [0.29, 0.717) is 33.4 Å². The van der Waals surface area contributed by atoms with Crippen molar-refractivity contribution >= 4 is 43.5 Å². The summed E-state index contributed by atoms with van der Waals surface area (Å²) >= 11 is 0. The molecule has 0 aliphatic rings. The Balaban J connectivity index is 1.35. The van der Waals surface area contributed by atoms with Crippen LogP contribution in [0.1, 0.15) is 11.0 Å². The van der Waals surface area contributed by atoms with Gasteiger partial charge in [0.15, 0.2) is 0 Å². The summed E-state index contributed by atoms with van der Waals surface area (Å²) in [5, 5.41) is 2.35. The molecule has 0 bridgehead atoms. The zero-order valence-corrected chi connectivity index (χ0v) is 24.0. The van der Waals surface area contributed by atoms with E-state index in [1.165, 1.54) is 0 Å². The maximum Gasteiger partial charge on any atom is 0.135 e. The molecule has 1 nitrogen and oxygen atoms in total. The molecule has 0 amide bonds. The molecule has 0 fully saturated rings. The van der Waals surface area contributed by atoms with Crippen molar-refractivity contribution < 1.29 is 15.4 Å². The minimum Gasteiger partial charge on any atom is -0.456 e. The van der Waals surface area contributed by atoms with Crippen molar-refractivity contribution in [1.29, 1.82) is 0 Å². The van der Waals surface area contributed by atoms with Crippen LogP contribution in [-0.2, 0) is 0 Å². The summed E-state index contributed by atoms with van der Waals surface area (Å²) in [6.07, 6.45) is 0. The average Bonchev–Trinajstić information content (AvgIpc) is 3.58. The SMILES string of the molecule is [2H]c1c([2H])c([2H])c2c(-c3ccc4oc5ccccc5c4c3)c3c([2H])c([2H])c([2H])c([2H])c3c(-c3ccc(-c4ccc(-c5ccccc5)cc4)cc3)c2c1[2H]. The molecule has 0 N–H and O–H groups in total. The molecule has 0 radical (unpaired) electrons. The molecule has 45 heavy (non-hydrogen) atoms. The molecule has 1 heterocycles. The van der Waals surface area contributed by atoms with Gasteiger partial charge in [0, 0.05) is 10.8 Å². The van der Waals surface area contributed by atoms with Gasteiger partial charge in [0.25, 0.3) is 0 Å². The van der Waals surface area contributed by atoms with Crippen LogP contribution in [0.2, 0.25) is 0 Å². The van der Waals surface area contributed by atoms with Crippen LogP contribution in [0.15, 0.2) is 174 Å². The van der Waals surface area contributed by atoms with Gasteiger partial charge in [0.2, 0.25) is 0 Å². The number of benzene rings is 8. The van der Waals surface area contributed by atoms with Gasteiger partial charge in [-0.3, -0.25) is 0 Å². The fraction of sp³-hybridized carbons (Fsp3) is 0. The Morgan fingerprint density at radius 3 is 1.33 bits per heavy atom. The molecule has 0 aliphatic heterocycles. The Bertz CT molecular complexity index is 2870. The van der Waals surface area contributed by atoms with Crippen molar-refractivity contribution in [3.05, 3.63) is 170 Å². The lowest BCUT2D eigenvalue weighted by atomic mass is 9.85. The van der Waals surface area contributed by atoms with Crippen molar-refractivity contribution in [3.8, 4) is 44.5 Å². The van der Waals surface area contributed by atoms with E-state index < -0.39 is 24.2 Å². The van der Waals surface area contributed by atoms with Crippen LogP contribution in [0.25, 0.3) is 88.0 Å². The smallest absolute Gasteiger partial charge is 0.135 e. The predicted octanol–water partition coefficient (Wildman–Crippen LogP) is 12.6. The largest absolute Gasteiger partial charge is 0.456 e. The van der Waals surface area contributed by atoms with Gasteiger partial charge in [-0.1, -0.05) is 151 Å². The third-order valence-corrected chi connectivity index (χ3v) is 8.54. The van der Waals surface area contributed by atoms with Gasteiger partial charge >= 0.3 is 0 Å². The molecule has 9 rings (SSSR count). The molecule has 1 heteroatoms. The molecule has 9 aromatic rings. The normalized spacial score (nSPS) is 14.0. The molecular weight excluding hydrogens is 544 g/mol. The standard InChI is InChI=1S/C44H28O/c1-2-10-29(11-3-1)30-18-20-31(21-19-30)32-22-24-33(25-23-32)43-36-13-4-6-15-38(36)44(39-16-7-5-14-37(39)43)34-26-27-42-40(28-34)35-12-8-9-17-41(35)45-42/h1-28H/i4D,5D,6D,7D,13D,14D,15D,16D. The predicted molar refractivity (Wildman–Crippen MR) is 190 cm³/mol. The molecular formula is C44H28O. The van der Waals surface area contributed by atoms with Crippen molar-refractivity contribution in [3.63, 3.8) is 0 Å². The first-order valence-electron chi connectivity index (χ1n) is 18.8. The van der Waals surface area contributed by atoms with Crippen molar-refractivity contribution in [1.82, 2.24) is 0 Å². The first-order valence-corrected chi connectivity index (χ1v) is 14.8. The number of fused-ring (bicyclic) bond motifs is 5. The third-order valence-electron chi connectivity index (χ3n) is 8.54. The second kappa shape index (κ2) is 10.4. The maximum absolute atomic E-state index is 9.26. The number of furan rings is 1. The van der Waals surface area contributed by atoms with Gasteiger partial charge in [-0.05, 0) is 84.3 Å². The van der Waals surface area contributed by atoms with Gasteiger partial charge in [-0.2, -0.15) is 0 Å². The summed E-state index contributed by atoms with van der Waals surface area (Å²) in [6.45, 7) is 0. The van der Waals surface area contributed by atoms with E-state index in [1.807, 2.05) is 84.9 Å². The molecule has 0 aliphatic carbocycles. The van der Waals surface area contributed by atoms with Gasteiger partial charge in [0.1, 0.15) is 11.2 Å². The highest BCUT2D eigenvalue weighted by molar-refractivity contribution is 6.22. The van der Waals surface area contributed by atoms with Crippen molar-refractivity contribution in [2.45, 2.75) is 0 Å². The van der Waals surface area contributed by atoms with E-state index >= 15 is 0 Å². The monoisotopic (exact) mass is 580 g/mol. The second-order valence-electron chi connectivity index (χ2n) is 11.1. The Morgan fingerprint density at radius 2 is 0.756 bits per heavy atom. The first-order chi connectivity index (χ1) is 25.6. The molecule has 0 saturated heterocycles. The summed E-state index contributed by atoms with van der Waals surface area (Å²) in [5.41, 5.74) is 7.13. The number of hydrogen-bond donors (Lipinski definition) is 0. The van der Waals surface area contributed by atoms with E-state index in [2.05, 4.69) is 24.3 Å². The first kappa shape index (κ1) is 18.7. The Hall–Kier alpha value is -5.92. The Kier molecular flexibility index (Phi) is 4.30. The minimum absolute atomic E-state index is 0.177. The molecule has 8 aromatic carbocycles. The Morgan fingerprint density at radius 1 is 0.333 bits per heavy atom. The number of hydrogen-bond acceptors (Lipinski definition) is 1. The molecule has 0 spiro atoms. The van der Waals surface area contributed by atoms with Crippen LogP contribution < -0.4 is 0 Å². The summed E-state index contributed by atoms with van der Waals surface area (Å²) in [6, 6.07) is 36.0. The van der Waals surface area contributed by atoms with E-state index in [4.69, 9.17) is 9.90 Å². The highest BCUT2D eigenvalue weighted by atomic mass is 16.3. The van der Waals surface area contributed by atoms with E-state index in [0.717, 1.165) is 33.0 Å². The van der Waals surface area contributed by atoms with Gasteiger partial charge in [-0.25, -0.2) is 0 Å². The van der Waals surface area contributed by atoms with Crippen LogP contribution >= 0.6 is 0 Å². The maximum atomic E-state index is 9.26. The highest BCUT2D eigenvalue weighted by Gasteiger charge is 2.18. The minimum atomic E-state index is -0.431. The molecule has 0 unspecified atom stereocenters. The van der Waals surface area contributed by atoms with Gasteiger partial charge < -0.3 is 4.42 Å². The summed E-state index contributed by atoms with van der Waals surface area (Å²) in [5.74, 6) is 0. The highest BCUT2D eigenvalue weighted by Crippen LogP contribution is 2.45. The van der Waals surface area contributed by atoms with Crippen LogP contribution in [-0.4, -0.2) is 0 Å². The van der Waals surface area contributed by atoms with E-state index in [-0.39, 0.29) is 45.7 Å². The second-order valence-corrected chi connectivity index (χ2v) is 11.1. The van der Waals surface area contributed by atoms with E-state index in [9.17, 15) is 5.48 Å². The van der Waals surface area contributed by atoms with E-state index in [1.54, 1.807) is 12.1 Å². The van der Waals surface area contributed by atoms with Crippen LogP contribution in [0.4, 0.5) is 0 Å². The summed E-state index contributed by atoms with van der Waals surface area (Å²) < 4.78 is 78.0. The number of para-hydroxylation sites is 1. The quantitative estimate of drug-likeness (QED) is 0.189. The fourth-order valence-electron chi connectivity index (χ4n) is 6.40. The topological polar surface area (TPSA) is 13.1 Å². The van der Waals surface area contributed by atoms with Crippen molar-refractivity contribution in [2.24, 2.45) is 0 Å². The molecule has 0 saturated carbocycles.